The molecule has 4 amide bonds. The van der Waals surface area contributed by atoms with Gasteiger partial charge in [0.05, 0.1) is 48.8 Å². The maximum Gasteiger partial charge on any atom is 0.488 e. The fourth-order valence-corrected chi connectivity index (χ4v) is 9.30. The molecule has 6 atom stereocenters. The molecule has 0 spiro atoms. The van der Waals surface area contributed by atoms with E-state index in [0.29, 0.717) is 22.6 Å². The van der Waals surface area contributed by atoms with Gasteiger partial charge in [-0.2, -0.15) is 5.01 Å². The van der Waals surface area contributed by atoms with Gasteiger partial charge in [-0.15, -0.1) is 0 Å². The van der Waals surface area contributed by atoms with E-state index in [9.17, 15) is 29.5 Å². The molecule has 2 saturated heterocycles. The summed E-state index contributed by atoms with van der Waals surface area (Å²) in [4.78, 5) is 60.1. The standard InChI is InChI=1S/C41H38BN3O9/c1-22-12-14-25(15-13-22)43-45-38(48)31-21-30-28(16-17-29-34(30)39(49)44(37(29)47)26-11-7-10-24(18-26)42(51)52)36(35-32(46)19-27(53-2)20-33(35)54-3)41(31,40(45)50)23-8-5-4-6-9-23/h4-16,18-20,29-31,34,36,43,46,51-52H,17,21H2,1-3H3. The largest absolute Gasteiger partial charge is 0.507 e. The van der Waals surface area contributed by atoms with Gasteiger partial charge in [-0.3, -0.25) is 29.5 Å². The molecule has 4 aliphatic rings. The minimum absolute atomic E-state index is 0.0521. The minimum Gasteiger partial charge on any atom is -0.507 e. The zero-order valence-electron chi connectivity index (χ0n) is 29.8. The number of imide groups is 2. The molecule has 0 radical (unpaired) electrons. The number of amides is 4. The van der Waals surface area contributed by atoms with Crippen LogP contribution in [0.4, 0.5) is 11.4 Å². The van der Waals surface area contributed by atoms with Gasteiger partial charge in [-0.25, -0.2) is 0 Å². The van der Waals surface area contributed by atoms with E-state index in [2.05, 4.69) is 5.43 Å². The molecule has 4 aromatic rings. The Kier molecular flexibility index (Phi) is 8.58. The van der Waals surface area contributed by atoms with Gasteiger partial charge in [-0.1, -0.05) is 71.8 Å². The van der Waals surface area contributed by atoms with E-state index in [4.69, 9.17) is 9.47 Å². The number of allylic oxidation sites excluding steroid dienone is 2. The van der Waals surface area contributed by atoms with Crippen LogP contribution in [0, 0.1) is 30.6 Å². The van der Waals surface area contributed by atoms with Crippen LogP contribution in [0.1, 0.15) is 35.4 Å². The zero-order chi connectivity index (χ0) is 38.1. The van der Waals surface area contributed by atoms with E-state index in [-0.39, 0.29) is 41.1 Å². The highest BCUT2D eigenvalue weighted by Crippen LogP contribution is 2.66. The van der Waals surface area contributed by atoms with Crippen LogP contribution in [0.15, 0.2) is 103 Å². The Morgan fingerprint density at radius 3 is 2.26 bits per heavy atom. The second-order valence-corrected chi connectivity index (χ2v) is 14.3. The molecular weight excluding hydrogens is 689 g/mol. The quantitative estimate of drug-likeness (QED) is 0.120. The van der Waals surface area contributed by atoms with Gasteiger partial charge in [0, 0.05) is 23.6 Å². The van der Waals surface area contributed by atoms with Crippen molar-refractivity contribution in [2.24, 2.45) is 23.7 Å². The Bertz CT molecular complexity index is 2230. The van der Waals surface area contributed by atoms with E-state index >= 15 is 4.79 Å². The fraction of sp³-hybridized carbons (Fsp3) is 0.268. The van der Waals surface area contributed by atoms with Crippen LogP contribution in [0.2, 0.25) is 0 Å². The third-order valence-corrected chi connectivity index (χ3v) is 11.7. The van der Waals surface area contributed by atoms with Crippen molar-refractivity contribution in [2.45, 2.75) is 31.1 Å². The van der Waals surface area contributed by atoms with Crippen molar-refractivity contribution in [3.05, 3.63) is 119 Å². The number of hydrazine groups is 1. The Morgan fingerprint density at radius 1 is 0.833 bits per heavy atom. The van der Waals surface area contributed by atoms with Gasteiger partial charge in [0.1, 0.15) is 17.2 Å². The number of hydrogen-bond donors (Lipinski definition) is 4. The normalized spacial score (nSPS) is 25.9. The number of rotatable bonds is 8. The van der Waals surface area contributed by atoms with Crippen LogP contribution in [0.25, 0.3) is 0 Å². The van der Waals surface area contributed by atoms with Crippen LogP contribution in [0.3, 0.4) is 0 Å². The van der Waals surface area contributed by atoms with Gasteiger partial charge in [0.15, 0.2) is 0 Å². The summed E-state index contributed by atoms with van der Waals surface area (Å²) in [5.74, 6) is -6.16. The number of anilines is 2. The number of carbonyl (C=O) groups is 4. The van der Waals surface area contributed by atoms with E-state index in [1.54, 1.807) is 54.6 Å². The number of aromatic hydroxyl groups is 1. The second-order valence-electron chi connectivity index (χ2n) is 14.3. The van der Waals surface area contributed by atoms with Gasteiger partial charge < -0.3 is 24.6 Å². The average Bonchev–Trinajstić information content (AvgIpc) is 3.56. The molecule has 2 aliphatic carbocycles. The Labute approximate surface area is 311 Å². The second kappa shape index (κ2) is 13.2. The van der Waals surface area contributed by atoms with Crippen molar-refractivity contribution >= 4 is 47.6 Å². The molecule has 4 aromatic carbocycles. The first-order valence-corrected chi connectivity index (χ1v) is 17.8. The third kappa shape index (κ3) is 5.13. The topological polar surface area (TPSA) is 166 Å². The lowest BCUT2D eigenvalue weighted by Gasteiger charge is -2.50. The molecule has 4 N–H and O–H groups in total. The number of nitrogens with zero attached hydrogens (tertiary/aromatic N) is 2. The van der Waals surface area contributed by atoms with Gasteiger partial charge in [-0.05, 0) is 61.0 Å². The first-order chi connectivity index (χ1) is 26.0. The van der Waals surface area contributed by atoms with Crippen molar-refractivity contribution in [1.29, 1.82) is 0 Å². The number of phenolic OH excluding ortho intramolecular Hbond substituents is 1. The third-order valence-electron chi connectivity index (χ3n) is 11.7. The fourth-order valence-electron chi connectivity index (χ4n) is 9.30. The zero-order valence-corrected chi connectivity index (χ0v) is 29.8. The van der Waals surface area contributed by atoms with Crippen molar-refractivity contribution in [3.8, 4) is 17.2 Å². The molecule has 3 fully saturated rings. The molecular formula is C41H38BN3O9. The monoisotopic (exact) mass is 727 g/mol. The number of phenols is 1. The summed E-state index contributed by atoms with van der Waals surface area (Å²) in [6.45, 7) is 1.93. The number of carbonyl (C=O) groups excluding carboxylic acids is 4. The van der Waals surface area contributed by atoms with Crippen LogP contribution in [0.5, 0.6) is 17.2 Å². The van der Waals surface area contributed by atoms with Crippen LogP contribution >= 0.6 is 0 Å². The minimum atomic E-state index is -1.81. The number of nitrogens with one attached hydrogen (secondary N) is 1. The summed E-state index contributed by atoms with van der Waals surface area (Å²) < 4.78 is 11.4. The summed E-state index contributed by atoms with van der Waals surface area (Å²) >= 11 is 0. The predicted octanol–water partition coefficient (Wildman–Crippen LogP) is 3.59. The highest BCUT2D eigenvalue weighted by atomic mass is 16.5. The van der Waals surface area contributed by atoms with Crippen molar-refractivity contribution in [2.75, 3.05) is 24.5 Å². The molecule has 12 nitrogen and oxygen atoms in total. The van der Waals surface area contributed by atoms with Crippen LogP contribution in [-0.2, 0) is 24.6 Å². The number of methoxy groups -OCH3 is 2. The van der Waals surface area contributed by atoms with Gasteiger partial charge in [0.25, 0.3) is 11.8 Å². The number of hydrogen-bond acceptors (Lipinski definition) is 10. The molecule has 8 rings (SSSR count). The molecule has 274 valence electrons. The average molecular weight is 728 g/mol. The molecule has 0 aromatic heterocycles. The lowest BCUT2D eigenvalue weighted by molar-refractivity contribution is -0.138. The summed E-state index contributed by atoms with van der Waals surface area (Å²) in [6, 6.07) is 25.3. The Hall–Kier alpha value is -5.92. The Morgan fingerprint density at radius 2 is 1.57 bits per heavy atom. The van der Waals surface area contributed by atoms with E-state index in [0.717, 1.165) is 15.5 Å². The molecule has 0 bridgehead atoms. The number of benzene rings is 4. The first kappa shape index (κ1) is 35.1. The molecule has 54 heavy (non-hydrogen) atoms. The van der Waals surface area contributed by atoms with Crippen LogP contribution < -0.4 is 25.3 Å². The lowest BCUT2D eigenvalue weighted by atomic mass is 9.49. The smallest absolute Gasteiger partial charge is 0.488 e. The maximum absolute atomic E-state index is 15.4. The van der Waals surface area contributed by atoms with E-state index < -0.39 is 65.8 Å². The summed E-state index contributed by atoms with van der Waals surface area (Å²) in [6.07, 6.45) is 2.09. The summed E-state index contributed by atoms with van der Waals surface area (Å²) in [5.41, 5.74) is 4.70. The lowest BCUT2D eigenvalue weighted by Crippen LogP contribution is -2.53. The highest BCUT2D eigenvalue weighted by molar-refractivity contribution is 6.58. The summed E-state index contributed by atoms with van der Waals surface area (Å²) in [7, 11) is 1.08. The highest BCUT2D eigenvalue weighted by Gasteiger charge is 2.71. The molecule has 6 unspecified atom stereocenters. The number of fused-ring (bicyclic) bond motifs is 4. The predicted molar refractivity (Wildman–Crippen MR) is 199 cm³/mol. The number of ether oxygens (including phenoxy) is 2. The molecule has 13 heteroatoms. The Balaban J connectivity index is 1.34. The van der Waals surface area contributed by atoms with Gasteiger partial charge in [0.2, 0.25) is 11.8 Å². The molecule has 1 saturated carbocycles. The van der Waals surface area contributed by atoms with Gasteiger partial charge >= 0.3 is 7.12 Å². The number of aryl methyl sites for hydroxylation is 1. The van der Waals surface area contributed by atoms with Crippen molar-refractivity contribution in [1.82, 2.24) is 5.01 Å². The molecule has 2 aliphatic heterocycles. The van der Waals surface area contributed by atoms with Crippen LogP contribution in [-0.4, -0.2) is 65.1 Å². The maximum atomic E-state index is 15.4. The molecule has 2 heterocycles. The van der Waals surface area contributed by atoms with E-state index in [1.165, 1.54) is 32.4 Å². The SMILES string of the molecule is COc1cc(O)c(C2C3=CCC4C(=O)N(c5cccc(B(O)O)c5)C(=O)C4C3CC3C(=O)N(Nc4ccc(C)cc4)C(=O)C32c2ccccc2)c(OC)c1. The summed E-state index contributed by atoms with van der Waals surface area (Å²) in [5, 5.41) is 32.6. The van der Waals surface area contributed by atoms with Crippen molar-refractivity contribution in [3.63, 3.8) is 0 Å². The first-order valence-electron chi connectivity index (χ1n) is 17.8. The van der Waals surface area contributed by atoms with E-state index in [1.807, 2.05) is 31.2 Å². The van der Waals surface area contributed by atoms with Crippen molar-refractivity contribution < 1.29 is 43.8 Å².